The van der Waals surface area contributed by atoms with Crippen molar-refractivity contribution in [1.82, 2.24) is 4.90 Å². The Morgan fingerprint density at radius 3 is 2.28 bits per heavy atom. The van der Waals surface area contributed by atoms with E-state index >= 15 is 0 Å². The highest BCUT2D eigenvalue weighted by Crippen LogP contribution is 2.16. The number of carbonyl (C=O) groups is 2. The maximum absolute atomic E-state index is 12.8. The third kappa shape index (κ3) is 8.59. The topological polar surface area (TPSA) is 79.9 Å². The van der Waals surface area contributed by atoms with Crippen LogP contribution in [0.5, 0.6) is 5.75 Å². The minimum atomic E-state index is -0.189. The lowest BCUT2D eigenvalue weighted by molar-refractivity contribution is -0.114. The lowest BCUT2D eigenvalue weighted by atomic mass is 10.1. The van der Waals surface area contributed by atoms with Crippen molar-refractivity contribution in [1.29, 1.82) is 0 Å². The van der Waals surface area contributed by atoms with Gasteiger partial charge in [-0.3, -0.25) is 9.59 Å². The minimum Gasteiger partial charge on any atom is -0.491 e. The second-order valence-corrected chi connectivity index (χ2v) is 7.34. The van der Waals surface area contributed by atoms with Crippen LogP contribution in [0.4, 0.5) is 11.4 Å². The maximum atomic E-state index is 12.8. The zero-order valence-corrected chi connectivity index (χ0v) is 19.4. The Kier molecular flexibility index (Phi) is 11.1. The van der Waals surface area contributed by atoms with Gasteiger partial charge < -0.3 is 25.0 Å². The molecule has 0 aliphatic carbocycles. The van der Waals surface area contributed by atoms with Gasteiger partial charge in [0.1, 0.15) is 12.4 Å². The lowest BCUT2D eigenvalue weighted by Crippen LogP contribution is -2.32. The predicted molar refractivity (Wildman–Crippen MR) is 128 cm³/mol. The zero-order valence-electron chi connectivity index (χ0n) is 19.4. The van der Waals surface area contributed by atoms with Gasteiger partial charge in [0.05, 0.1) is 13.2 Å². The van der Waals surface area contributed by atoms with E-state index in [0.29, 0.717) is 31.1 Å². The van der Waals surface area contributed by atoms with Gasteiger partial charge in [-0.25, -0.2) is 0 Å². The van der Waals surface area contributed by atoms with Gasteiger partial charge in [-0.05, 0) is 62.2 Å². The number of benzene rings is 2. The second kappa shape index (κ2) is 14.1. The SMILES string of the molecule is CCCN(CCC)C(=O)c1cccc(NC(=O)CNc2ccc(OCCOCC)cc2)c1. The van der Waals surface area contributed by atoms with E-state index in [2.05, 4.69) is 24.5 Å². The van der Waals surface area contributed by atoms with Crippen LogP contribution in [-0.4, -0.2) is 56.2 Å². The molecule has 2 amide bonds. The molecule has 7 nitrogen and oxygen atoms in total. The van der Waals surface area contributed by atoms with Crippen molar-refractivity contribution in [3.05, 3.63) is 54.1 Å². The second-order valence-electron chi connectivity index (χ2n) is 7.34. The molecule has 0 fully saturated rings. The fourth-order valence-corrected chi connectivity index (χ4v) is 3.19. The summed E-state index contributed by atoms with van der Waals surface area (Å²) in [6, 6.07) is 14.5. The smallest absolute Gasteiger partial charge is 0.253 e. The summed E-state index contributed by atoms with van der Waals surface area (Å²) in [5, 5.41) is 5.94. The van der Waals surface area contributed by atoms with E-state index in [9.17, 15) is 9.59 Å². The third-order valence-electron chi connectivity index (χ3n) is 4.68. The van der Waals surface area contributed by atoms with Crippen LogP contribution in [-0.2, 0) is 9.53 Å². The summed E-state index contributed by atoms with van der Waals surface area (Å²) in [5.41, 5.74) is 2.00. The molecule has 0 aromatic heterocycles. The van der Waals surface area contributed by atoms with Crippen LogP contribution in [0, 0.1) is 0 Å². The molecule has 0 saturated carbocycles. The monoisotopic (exact) mass is 441 g/mol. The molecule has 2 aromatic rings. The molecule has 2 rings (SSSR count). The number of amides is 2. The van der Waals surface area contributed by atoms with Gasteiger partial charge >= 0.3 is 0 Å². The van der Waals surface area contributed by atoms with Crippen LogP contribution in [0.15, 0.2) is 48.5 Å². The van der Waals surface area contributed by atoms with Crippen molar-refractivity contribution >= 4 is 23.2 Å². The summed E-state index contributed by atoms with van der Waals surface area (Å²) in [4.78, 5) is 27.0. The Morgan fingerprint density at radius 1 is 0.906 bits per heavy atom. The predicted octanol–water partition coefficient (Wildman–Crippen LogP) is 4.41. The number of ether oxygens (including phenoxy) is 2. The molecule has 0 radical (unpaired) electrons. The molecule has 0 bridgehead atoms. The number of nitrogens with one attached hydrogen (secondary N) is 2. The van der Waals surface area contributed by atoms with Crippen LogP contribution >= 0.6 is 0 Å². The van der Waals surface area contributed by atoms with Gasteiger partial charge in [-0.2, -0.15) is 0 Å². The van der Waals surface area contributed by atoms with E-state index in [4.69, 9.17) is 9.47 Å². The molecular formula is C25H35N3O4. The van der Waals surface area contributed by atoms with E-state index in [1.807, 2.05) is 36.1 Å². The van der Waals surface area contributed by atoms with Gasteiger partial charge in [0.15, 0.2) is 0 Å². The van der Waals surface area contributed by atoms with E-state index in [1.165, 1.54) is 0 Å². The molecule has 0 saturated heterocycles. The fraction of sp³-hybridized carbons (Fsp3) is 0.440. The number of anilines is 2. The number of rotatable bonds is 14. The van der Waals surface area contributed by atoms with Crippen molar-refractivity contribution in [2.45, 2.75) is 33.6 Å². The zero-order chi connectivity index (χ0) is 23.2. The summed E-state index contributed by atoms with van der Waals surface area (Å²) in [6.07, 6.45) is 1.82. The highest BCUT2D eigenvalue weighted by Gasteiger charge is 2.15. The third-order valence-corrected chi connectivity index (χ3v) is 4.68. The van der Waals surface area contributed by atoms with Crippen molar-refractivity contribution in [2.75, 3.05) is 50.1 Å². The Labute approximate surface area is 191 Å². The van der Waals surface area contributed by atoms with Crippen LogP contribution in [0.3, 0.4) is 0 Å². The Morgan fingerprint density at radius 2 is 1.62 bits per heavy atom. The molecule has 32 heavy (non-hydrogen) atoms. The molecule has 0 unspecified atom stereocenters. The van der Waals surface area contributed by atoms with E-state index in [1.54, 1.807) is 24.3 Å². The Hall–Kier alpha value is -3.06. The average molecular weight is 442 g/mol. The fourth-order valence-electron chi connectivity index (χ4n) is 3.19. The molecule has 0 spiro atoms. The molecule has 0 heterocycles. The molecule has 2 N–H and O–H groups in total. The summed E-state index contributed by atoms with van der Waals surface area (Å²) >= 11 is 0. The Bertz CT molecular complexity index is 833. The highest BCUT2D eigenvalue weighted by atomic mass is 16.5. The molecule has 0 aliphatic rings. The first-order valence-corrected chi connectivity index (χ1v) is 11.3. The molecule has 7 heteroatoms. The highest BCUT2D eigenvalue weighted by molar-refractivity contribution is 5.98. The van der Waals surface area contributed by atoms with E-state index in [0.717, 1.165) is 37.4 Å². The summed E-state index contributed by atoms with van der Waals surface area (Å²) in [6.45, 7) is 9.35. The first-order valence-electron chi connectivity index (χ1n) is 11.3. The van der Waals surface area contributed by atoms with Gasteiger partial charge in [-0.15, -0.1) is 0 Å². The van der Waals surface area contributed by atoms with Crippen molar-refractivity contribution in [3.63, 3.8) is 0 Å². The van der Waals surface area contributed by atoms with Crippen LogP contribution in [0.25, 0.3) is 0 Å². The standard InChI is InChI=1S/C25H35N3O4/c1-4-14-28(15-5-2)25(30)20-8-7-9-22(18-20)27-24(29)19-26-21-10-12-23(13-11-21)32-17-16-31-6-3/h7-13,18,26H,4-6,14-17,19H2,1-3H3,(H,27,29). The molecule has 2 aromatic carbocycles. The van der Waals surface area contributed by atoms with Gasteiger partial charge in [0.25, 0.3) is 5.91 Å². The van der Waals surface area contributed by atoms with Gasteiger partial charge in [-0.1, -0.05) is 19.9 Å². The van der Waals surface area contributed by atoms with E-state index < -0.39 is 0 Å². The number of hydrogen-bond acceptors (Lipinski definition) is 5. The van der Waals surface area contributed by atoms with Gasteiger partial charge in [0, 0.05) is 36.6 Å². The Balaban J connectivity index is 1.85. The summed E-state index contributed by atoms with van der Waals surface area (Å²) < 4.78 is 10.8. The molecule has 174 valence electrons. The average Bonchev–Trinajstić information content (AvgIpc) is 2.81. The quantitative estimate of drug-likeness (QED) is 0.425. The molecule has 0 aliphatic heterocycles. The van der Waals surface area contributed by atoms with Crippen molar-refractivity contribution in [3.8, 4) is 5.75 Å². The van der Waals surface area contributed by atoms with Crippen LogP contribution in [0.2, 0.25) is 0 Å². The van der Waals surface area contributed by atoms with Crippen LogP contribution < -0.4 is 15.4 Å². The number of carbonyl (C=O) groups excluding carboxylic acids is 2. The normalized spacial score (nSPS) is 10.5. The van der Waals surface area contributed by atoms with E-state index in [-0.39, 0.29) is 18.4 Å². The molecule has 0 atom stereocenters. The largest absolute Gasteiger partial charge is 0.491 e. The minimum absolute atomic E-state index is 0.00788. The molecular weight excluding hydrogens is 406 g/mol. The van der Waals surface area contributed by atoms with Crippen LogP contribution in [0.1, 0.15) is 44.0 Å². The first kappa shape index (κ1) is 25.2. The maximum Gasteiger partial charge on any atom is 0.253 e. The summed E-state index contributed by atoms with van der Waals surface area (Å²) in [5.74, 6) is 0.554. The number of nitrogens with zero attached hydrogens (tertiary/aromatic N) is 1. The van der Waals surface area contributed by atoms with Crippen molar-refractivity contribution < 1.29 is 19.1 Å². The van der Waals surface area contributed by atoms with Crippen molar-refractivity contribution in [2.24, 2.45) is 0 Å². The number of hydrogen-bond donors (Lipinski definition) is 2. The van der Waals surface area contributed by atoms with Gasteiger partial charge in [0.2, 0.25) is 5.91 Å². The summed E-state index contributed by atoms with van der Waals surface area (Å²) in [7, 11) is 0. The first-order chi connectivity index (χ1) is 15.6. The lowest BCUT2D eigenvalue weighted by Gasteiger charge is -2.21.